The molecule has 1 aliphatic rings. The lowest BCUT2D eigenvalue weighted by atomic mass is 10.1. The van der Waals surface area contributed by atoms with Crippen molar-refractivity contribution < 1.29 is 0 Å². The summed E-state index contributed by atoms with van der Waals surface area (Å²) in [6, 6.07) is 9.13. The van der Waals surface area contributed by atoms with Crippen molar-refractivity contribution in [3.63, 3.8) is 0 Å². The molecule has 2 nitrogen and oxygen atoms in total. The molecule has 0 unspecified atom stereocenters. The highest BCUT2D eigenvalue weighted by Gasteiger charge is 2.15. The summed E-state index contributed by atoms with van der Waals surface area (Å²) in [4.78, 5) is 4.16. The summed E-state index contributed by atoms with van der Waals surface area (Å²) in [5, 5.41) is 6.15. The number of nitrogens with zero attached hydrogens (tertiary/aromatic N) is 1. The van der Waals surface area contributed by atoms with E-state index in [1.165, 1.54) is 42.1 Å². The van der Waals surface area contributed by atoms with Gasteiger partial charge in [0.05, 0.1) is 0 Å². The van der Waals surface area contributed by atoms with Gasteiger partial charge in [-0.3, -0.25) is 4.98 Å². The second kappa shape index (κ2) is 4.12. The molecule has 0 bridgehead atoms. The van der Waals surface area contributed by atoms with Gasteiger partial charge in [-0.1, -0.05) is 25.0 Å². The van der Waals surface area contributed by atoms with Gasteiger partial charge in [0.25, 0.3) is 0 Å². The molecule has 1 heterocycles. The summed E-state index contributed by atoms with van der Waals surface area (Å²) in [5.41, 5.74) is 1.26. The topological polar surface area (TPSA) is 24.9 Å². The molecule has 0 radical (unpaired) electrons. The molecule has 82 valence electrons. The van der Waals surface area contributed by atoms with Crippen LogP contribution in [0.3, 0.4) is 0 Å². The number of fused-ring (bicyclic) bond motifs is 1. The maximum absolute atomic E-state index is 4.16. The van der Waals surface area contributed by atoms with Gasteiger partial charge in [0.1, 0.15) is 0 Å². The minimum absolute atomic E-state index is 0.666. The van der Waals surface area contributed by atoms with Gasteiger partial charge in [-0.2, -0.15) is 0 Å². The van der Waals surface area contributed by atoms with Crippen molar-refractivity contribution in [2.75, 3.05) is 5.32 Å². The van der Waals surface area contributed by atoms with E-state index in [1.807, 2.05) is 12.4 Å². The van der Waals surface area contributed by atoms with E-state index in [-0.39, 0.29) is 0 Å². The highest BCUT2D eigenvalue weighted by Crippen LogP contribution is 2.27. The minimum atomic E-state index is 0.666. The van der Waals surface area contributed by atoms with Crippen LogP contribution in [-0.4, -0.2) is 11.0 Å². The van der Waals surface area contributed by atoms with Gasteiger partial charge < -0.3 is 5.32 Å². The fraction of sp³-hybridized carbons (Fsp3) is 0.357. The largest absolute Gasteiger partial charge is 0.382 e. The first-order valence-electron chi connectivity index (χ1n) is 6.03. The molecular formula is C14H16N2. The summed E-state index contributed by atoms with van der Waals surface area (Å²) in [7, 11) is 0. The Balaban J connectivity index is 1.96. The van der Waals surface area contributed by atoms with Gasteiger partial charge >= 0.3 is 0 Å². The lowest BCUT2D eigenvalue weighted by molar-refractivity contribution is 0.756. The van der Waals surface area contributed by atoms with E-state index in [1.54, 1.807) is 0 Å². The van der Waals surface area contributed by atoms with Crippen molar-refractivity contribution in [2.24, 2.45) is 0 Å². The Labute approximate surface area is 95.7 Å². The Morgan fingerprint density at radius 1 is 1.12 bits per heavy atom. The highest BCUT2D eigenvalue weighted by atomic mass is 14.9. The predicted molar refractivity (Wildman–Crippen MR) is 67.6 cm³/mol. The molecular weight excluding hydrogens is 196 g/mol. The van der Waals surface area contributed by atoms with Crippen LogP contribution < -0.4 is 5.32 Å². The van der Waals surface area contributed by atoms with E-state index in [0.717, 1.165) is 0 Å². The Morgan fingerprint density at radius 3 is 2.88 bits per heavy atom. The fourth-order valence-electron chi connectivity index (χ4n) is 2.54. The second-order valence-electron chi connectivity index (χ2n) is 4.53. The lowest BCUT2D eigenvalue weighted by Gasteiger charge is -2.15. The summed E-state index contributed by atoms with van der Waals surface area (Å²) in [6.07, 6.45) is 9.13. The van der Waals surface area contributed by atoms with Gasteiger partial charge in [0.2, 0.25) is 0 Å². The third kappa shape index (κ3) is 1.75. The first-order chi connectivity index (χ1) is 7.93. The Kier molecular flexibility index (Phi) is 2.49. The number of benzene rings is 1. The normalized spacial score (nSPS) is 16.8. The van der Waals surface area contributed by atoms with Crippen LogP contribution in [0.4, 0.5) is 5.69 Å². The van der Waals surface area contributed by atoms with Gasteiger partial charge in [-0.25, -0.2) is 0 Å². The molecule has 0 amide bonds. The minimum Gasteiger partial charge on any atom is -0.382 e. The van der Waals surface area contributed by atoms with Crippen LogP contribution in [0.2, 0.25) is 0 Å². The molecule has 1 N–H and O–H groups in total. The Bertz CT molecular complexity index is 482. The van der Waals surface area contributed by atoms with E-state index in [0.29, 0.717) is 6.04 Å². The number of hydrogen-bond acceptors (Lipinski definition) is 2. The molecule has 1 aromatic heterocycles. The SMILES string of the molecule is c1cc(NC2CCCC2)c2ccncc2c1. The number of anilines is 1. The molecule has 2 heteroatoms. The molecule has 0 aliphatic heterocycles. The van der Waals surface area contributed by atoms with Crippen LogP contribution in [0.15, 0.2) is 36.7 Å². The third-order valence-corrected chi connectivity index (χ3v) is 3.40. The van der Waals surface area contributed by atoms with Crippen molar-refractivity contribution in [1.82, 2.24) is 4.98 Å². The van der Waals surface area contributed by atoms with Crippen LogP contribution in [-0.2, 0) is 0 Å². The van der Waals surface area contributed by atoms with Gasteiger partial charge in [0, 0.05) is 34.9 Å². The molecule has 0 saturated heterocycles. The molecule has 0 atom stereocenters. The Hall–Kier alpha value is -1.57. The molecule has 1 fully saturated rings. The lowest BCUT2D eigenvalue weighted by Crippen LogP contribution is -2.14. The fourth-order valence-corrected chi connectivity index (χ4v) is 2.54. The highest BCUT2D eigenvalue weighted by molar-refractivity contribution is 5.93. The number of rotatable bonds is 2. The summed E-state index contributed by atoms with van der Waals surface area (Å²) >= 11 is 0. The van der Waals surface area contributed by atoms with Crippen LogP contribution >= 0.6 is 0 Å². The summed E-state index contributed by atoms with van der Waals surface area (Å²) < 4.78 is 0. The van der Waals surface area contributed by atoms with Crippen molar-refractivity contribution >= 4 is 16.5 Å². The second-order valence-corrected chi connectivity index (χ2v) is 4.53. The number of pyridine rings is 1. The molecule has 1 aromatic carbocycles. The van der Waals surface area contributed by atoms with Crippen molar-refractivity contribution in [2.45, 2.75) is 31.7 Å². The zero-order chi connectivity index (χ0) is 10.8. The quantitative estimate of drug-likeness (QED) is 0.822. The standard InChI is InChI=1S/C14H16N2/c1-2-6-12(5-1)16-14-7-3-4-11-10-15-9-8-13(11)14/h3-4,7-10,12,16H,1-2,5-6H2. The monoisotopic (exact) mass is 212 g/mol. The van der Waals surface area contributed by atoms with E-state index < -0.39 is 0 Å². The average Bonchev–Trinajstić information content (AvgIpc) is 2.82. The molecule has 1 saturated carbocycles. The van der Waals surface area contributed by atoms with Crippen molar-refractivity contribution in [3.8, 4) is 0 Å². The van der Waals surface area contributed by atoms with Gasteiger partial charge in [0.15, 0.2) is 0 Å². The zero-order valence-electron chi connectivity index (χ0n) is 9.32. The van der Waals surface area contributed by atoms with E-state index >= 15 is 0 Å². The maximum atomic E-state index is 4.16. The van der Waals surface area contributed by atoms with Gasteiger partial charge in [-0.05, 0) is 25.0 Å². The van der Waals surface area contributed by atoms with E-state index in [2.05, 4.69) is 34.6 Å². The van der Waals surface area contributed by atoms with Crippen LogP contribution in [0.25, 0.3) is 10.8 Å². The number of hydrogen-bond donors (Lipinski definition) is 1. The first-order valence-corrected chi connectivity index (χ1v) is 6.03. The Morgan fingerprint density at radius 2 is 2.00 bits per heavy atom. The predicted octanol–water partition coefficient (Wildman–Crippen LogP) is 3.59. The molecule has 2 aromatic rings. The third-order valence-electron chi connectivity index (χ3n) is 3.40. The maximum Gasteiger partial charge on any atom is 0.0423 e. The van der Waals surface area contributed by atoms with Crippen LogP contribution in [0, 0.1) is 0 Å². The number of nitrogens with one attached hydrogen (secondary N) is 1. The molecule has 1 aliphatic carbocycles. The summed E-state index contributed by atoms with van der Waals surface area (Å²) in [6.45, 7) is 0. The average molecular weight is 212 g/mol. The smallest absolute Gasteiger partial charge is 0.0423 e. The zero-order valence-corrected chi connectivity index (χ0v) is 9.32. The van der Waals surface area contributed by atoms with E-state index in [4.69, 9.17) is 0 Å². The molecule has 0 spiro atoms. The first kappa shape index (κ1) is 9.64. The van der Waals surface area contributed by atoms with Crippen LogP contribution in [0.5, 0.6) is 0 Å². The summed E-state index contributed by atoms with van der Waals surface area (Å²) in [5.74, 6) is 0. The van der Waals surface area contributed by atoms with E-state index in [9.17, 15) is 0 Å². The number of aromatic nitrogens is 1. The van der Waals surface area contributed by atoms with Crippen LogP contribution in [0.1, 0.15) is 25.7 Å². The van der Waals surface area contributed by atoms with Crippen molar-refractivity contribution in [3.05, 3.63) is 36.7 Å². The van der Waals surface area contributed by atoms with Gasteiger partial charge in [-0.15, -0.1) is 0 Å². The molecule has 3 rings (SSSR count). The molecule has 16 heavy (non-hydrogen) atoms. The van der Waals surface area contributed by atoms with Crippen molar-refractivity contribution in [1.29, 1.82) is 0 Å².